The lowest BCUT2D eigenvalue weighted by Crippen LogP contribution is -2.49. The topological polar surface area (TPSA) is 49.9 Å². The summed E-state index contributed by atoms with van der Waals surface area (Å²) in [5.74, 6) is -0.727. The molecule has 0 aromatic rings. The molecule has 0 spiro atoms. The Morgan fingerprint density at radius 3 is 2.33 bits per heavy atom. The number of unbranched alkanes of at least 4 members (excludes halogenated alkanes) is 1. The highest BCUT2D eigenvalue weighted by molar-refractivity contribution is 6.34. The summed E-state index contributed by atoms with van der Waals surface area (Å²) in [5, 5.41) is 0. The van der Waals surface area contributed by atoms with Gasteiger partial charge in [-0.15, -0.1) is 0 Å². The fourth-order valence-electron chi connectivity index (χ4n) is 1.97. The van der Waals surface area contributed by atoms with Crippen molar-refractivity contribution in [3.63, 3.8) is 0 Å². The van der Waals surface area contributed by atoms with Crippen LogP contribution in [-0.2, 0) is 14.3 Å². The number of hydrogen-bond donors (Lipinski definition) is 0. The fraction of sp³-hybridized carbons (Fsp3) is 0.846. The number of morpholine rings is 1. The van der Waals surface area contributed by atoms with Crippen LogP contribution in [0.2, 0.25) is 0 Å². The summed E-state index contributed by atoms with van der Waals surface area (Å²) in [6.45, 7) is 7.55. The number of carbonyl (C=O) groups excluding carboxylic acids is 2. The van der Waals surface area contributed by atoms with Crippen molar-refractivity contribution in [2.24, 2.45) is 0 Å². The Morgan fingerprint density at radius 1 is 1.11 bits per heavy atom. The summed E-state index contributed by atoms with van der Waals surface area (Å²) >= 11 is 0. The molecular formula is C13H24N2O3. The molecule has 1 rings (SSSR count). The zero-order valence-electron chi connectivity index (χ0n) is 11.5. The van der Waals surface area contributed by atoms with Crippen molar-refractivity contribution in [1.82, 2.24) is 9.80 Å². The Balaban J connectivity index is 2.54. The van der Waals surface area contributed by atoms with Crippen molar-refractivity contribution in [2.45, 2.75) is 33.1 Å². The minimum absolute atomic E-state index is 0.354. The minimum atomic E-state index is -0.372. The van der Waals surface area contributed by atoms with Crippen molar-refractivity contribution >= 4 is 11.8 Å². The average Bonchev–Trinajstić information content (AvgIpc) is 2.43. The maximum atomic E-state index is 12.1. The van der Waals surface area contributed by atoms with E-state index >= 15 is 0 Å². The summed E-state index contributed by atoms with van der Waals surface area (Å²) in [7, 11) is 0. The third-order valence-corrected chi connectivity index (χ3v) is 3.04. The second-order valence-electron chi connectivity index (χ2n) is 4.55. The molecule has 5 heteroatoms. The standard InChI is InChI=1S/C13H24N2O3/c1-3-5-7-14(6-4-2)12(16)13(17)15-8-10-18-11-9-15/h3-11H2,1-2H3. The van der Waals surface area contributed by atoms with Crippen molar-refractivity contribution in [3.8, 4) is 0 Å². The average molecular weight is 256 g/mol. The first-order valence-electron chi connectivity index (χ1n) is 6.86. The van der Waals surface area contributed by atoms with E-state index in [9.17, 15) is 9.59 Å². The monoisotopic (exact) mass is 256 g/mol. The van der Waals surface area contributed by atoms with Gasteiger partial charge in [0.1, 0.15) is 0 Å². The van der Waals surface area contributed by atoms with Gasteiger partial charge in [0.15, 0.2) is 0 Å². The van der Waals surface area contributed by atoms with Gasteiger partial charge in [-0.2, -0.15) is 0 Å². The van der Waals surface area contributed by atoms with Gasteiger partial charge in [-0.1, -0.05) is 20.3 Å². The third-order valence-electron chi connectivity index (χ3n) is 3.04. The fourth-order valence-corrected chi connectivity index (χ4v) is 1.97. The second-order valence-corrected chi connectivity index (χ2v) is 4.55. The highest BCUT2D eigenvalue weighted by Crippen LogP contribution is 2.03. The van der Waals surface area contributed by atoms with Gasteiger partial charge in [0.05, 0.1) is 13.2 Å². The van der Waals surface area contributed by atoms with E-state index in [2.05, 4.69) is 6.92 Å². The summed E-state index contributed by atoms with van der Waals surface area (Å²) in [6, 6.07) is 0. The molecule has 0 aromatic heterocycles. The number of hydrogen-bond acceptors (Lipinski definition) is 3. The van der Waals surface area contributed by atoms with Gasteiger partial charge in [-0.3, -0.25) is 9.59 Å². The van der Waals surface area contributed by atoms with E-state index in [0.717, 1.165) is 19.3 Å². The van der Waals surface area contributed by atoms with Gasteiger partial charge < -0.3 is 14.5 Å². The van der Waals surface area contributed by atoms with Gasteiger partial charge in [0, 0.05) is 26.2 Å². The smallest absolute Gasteiger partial charge is 0.312 e. The van der Waals surface area contributed by atoms with Crippen LogP contribution in [0.5, 0.6) is 0 Å². The first-order chi connectivity index (χ1) is 8.70. The van der Waals surface area contributed by atoms with Crippen LogP contribution in [0.25, 0.3) is 0 Å². The summed E-state index contributed by atoms with van der Waals surface area (Å²) in [6.07, 6.45) is 2.85. The second kappa shape index (κ2) is 8.08. The zero-order chi connectivity index (χ0) is 13.4. The van der Waals surface area contributed by atoms with Crippen LogP contribution in [0.1, 0.15) is 33.1 Å². The highest BCUT2D eigenvalue weighted by Gasteiger charge is 2.27. The quantitative estimate of drug-likeness (QED) is 0.686. The molecule has 0 N–H and O–H groups in total. The van der Waals surface area contributed by atoms with E-state index in [4.69, 9.17) is 4.74 Å². The van der Waals surface area contributed by atoms with Crippen molar-refractivity contribution in [2.75, 3.05) is 39.4 Å². The molecule has 0 saturated carbocycles. The van der Waals surface area contributed by atoms with Crippen LogP contribution < -0.4 is 0 Å². The van der Waals surface area contributed by atoms with Crippen LogP contribution >= 0.6 is 0 Å². The molecule has 5 nitrogen and oxygen atoms in total. The molecule has 2 amide bonds. The molecule has 1 aliphatic heterocycles. The van der Waals surface area contributed by atoms with E-state index in [1.807, 2.05) is 6.92 Å². The molecule has 1 aliphatic rings. The maximum absolute atomic E-state index is 12.1. The number of ether oxygens (including phenoxy) is 1. The molecule has 1 fully saturated rings. The summed E-state index contributed by atoms with van der Waals surface area (Å²) < 4.78 is 5.18. The first kappa shape index (κ1) is 15.0. The van der Waals surface area contributed by atoms with Crippen LogP contribution in [0.3, 0.4) is 0 Å². The van der Waals surface area contributed by atoms with Gasteiger partial charge in [0.2, 0.25) is 0 Å². The molecule has 1 saturated heterocycles. The van der Waals surface area contributed by atoms with E-state index in [-0.39, 0.29) is 11.8 Å². The Bertz CT molecular complexity index is 275. The van der Waals surface area contributed by atoms with Crippen molar-refractivity contribution < 1.29 is 14.3 Å². The Morgan fingerprint density at radius 2 is 1.78 bits per heavy atom. The molecule has 0 bridgehead atoms. The van der Waals surface area contributed by atoms with Gasteiger partial charge in [-0.25, -0.2) is 0 Å². The molecule has 104 valence electrons. The van der Waals surface area contributed by atoms with Crippen LogP contribution in [0.15, 0.2) is 0 Å². The largest absolute Gasteiger partial charge is 0.378 e. The third kappa shape index (κ3) is 4.29. The Kier molecular flexibility index (Phi) is 6.72. The Hall–Kier alpha value is -1.10. The van der Waals surface area contributed by atoms with Crippen LogP contribution in [0, 0.1) is 0 Å². The van der Waals surface area contributed by atoms with E-state index in [1.165, 1.54) is 0 Å². The van der Waals surface area contributed by atoms with Crippen LogP contribution in [-0.4, -0.2) is 61.0 Å². The zero-order valence-corrected chi connectivity index (χ0v) is 11.5. The molecule has 0 aromatic carbocycles. The first-order valence-corrected chi connectivity index (χ1v) is 6.86. The number of carbonyl (C=O) groups is 2. The maximum Gasteiger partial charge on any atom is 0.312 e. The normalized spacial score (nSPS) is 15.6. The molecule has 0 radical (unpaired) electrons. The molecule has 0 atom stereocenters. The minimum Gasteiger partial charge on any atom is -0.378 e. The van der Waals surface area contributed by atoms with Crippen LogP contribution in [0.4, 0.5) is 0 Å². The number of nitrogens with zero attached hydrogens (tertiary/aromatic N) is 2. The van der Waals surface area contributed by atoms with Gasteiger partial charge >= 0.3 is 11.8 Å². The van der Waals surface area contributed by atoms with E-state index < -0.39 is 0 Å². The molecular weight excluding hydrogens is 232 g/mol. The molecule has 0 aliphatic carbocycles. The van der Waals surface area contributed by atoms with Crippen molar-refractivity contribution in [3.05, 3.63) is 0 Å². The number of rotatable bonds is 5. The lowest BCUT2D eigenvalue weighted by Gasteiger charge is -2.29. The lowest BCUT2D eigenvalue weighted by atomic mass is 10.2. The summed E-state index contributed by atoms with van der Waals surface area (Å²) in [4.78, 5) is 27.5. The Labute approximate surface area is 109 Å². The molecule has 1 heterocycles. The lowest BCUT2D eigenvalue weighted by molar-refractivity contribution is -0.154. The van der Waals surface area contributed by atoms with Gasteiger partial charge in [-0.05, 0) is 12.8 Å². The van der Waals surface area contributed by atoms with Crippen molar-refractivity contribution in [1.29, 1.82) is 0 Å². The molecule has 0 unspecified atom stereocenters. The highest BCUT2D eigenvalue weighted by atomic mass is 16.5. The predicted octanol–water partition coefficient (Wildman–Crippen LogP) is 0.884. The molecule has 18 heavy (non-hydrogen) atoms. The SMILES string of the molecule is CCCCN(CCC)C(=O)C(=O)N1CCOCC1. The predicted molar refractivity (Wildman–Crippen MR) is 69.2 cm³/mol. The number of amides is 2. The summed E-state index contributed by atoms with van der Waals surface area (Å²) in [5.41, 5.74) is 0. The van der Waals surface area contributed by atoms with E-state index in [1.54, 1.807) is 9.80 Å². The van der Waals surface area contributed by atoms with E-state index in [0.29, 0.717) is 39.4 Å². The van der Waals surface area contributed by atoms with Gasteiger partial charge in [0.25, 0.3) is 0 Å².